The fourth-order valence-corrected chi connectivity index (χ4v) is 4.99. The van der Waals surface area contributed by atoms with Gasteiger partial charge in [-0.2, -0.15) is 5.10 Å². The highest BCUT2D eigenvalue weighted by Gasteiger charge is 2.27. The lowest BCUT2D eigenvalue weighted by molar-refractivity contribution is -0.119. The number of hydrogen-bond acceptors (Lipinski definition) is 5. The number of hydrogen-bond donors (Lipinski definition) is 1. The Morgan fingerprint density at radius 1 is 1.03 bits per heavy atom. The Kier molecular flexibility index (Phi) is 8.45. The zero-order valence-electron chi connectivity index (χ0n) is 18.2. The van der Waals surface area contributed by atoms with E-state index >= 15 is 0 Å². The van der Waals surface area contributed by atoms with E-state index in [1.807, 2.05) is 31.2 Å². The van der Waals surface area contributed by atoms with Gasteiger partial charge in [-0.05, 0) is 90.5 Å². The van der Waals surface area contributed by atoms with Crippen LogP contribution >= 0.6 is 22.6 Å². The van der Waals surface area contributed by atoms with Crippen LogP contribution in [-0.2, 0) is 14.8 Å². The standard InChI is InChI=1S/C24H24IN3O4S/c1-3-32-22-14-12-21(13-15-22)28(33(30,31)23-10-5-4-6-11-23)17-24(29)27-26-18(2)19-8-7-9-20(25)16-19/h4-16H,3,17H2,1-2H3,(H,27,29)/b26-18+. The van der Waals surface area contributed by atoms with E-state index in [1.165, 1.54) is 12.1 Å². The van der Waals surface area contributed by atoms with E-state index in [0.717, 1.165) is 13.4 Å². The van der Waals surface area contributed by atoms with Gasteiger partial charge in [0.1, 0.15) is 12.3 Å². The molecule has 0 unspecified atom stereocenters. The molecule has 0 aliphatic rings. The van der Waals surface area contributed by atoms with E-state index in [9.17, 15) is 13.2 Å². The number of rotatable bonds is 9. The molecule has 0 saturated heterocycles. The van der Waals surface area contributed by atoms with E-state index in [2.05, 4.69) is 33.1 Å². The van der Waals surface area contributed by atoms with E-state index in [1.54, 1.807) is 49.4 Å². The normalized spacial score (nSPS) is 11.7. The number of amides is 1. The molecule has 1 N–H and O–H groups in total. The molecule has 172 valence electrons. The molecule has 1 amide bonds. The molecule has 3 aromatic rings. The Labute approximate surface area is 207 Å². The second-order valence-corrected chi connectivity index (χ2v) is 10.1. The van der Waals surface area contributed by atoms with Gasteiger partial charge in [0.2, 0.25) is 0 Å². The molecule has 0 aromatic heterocycles. The molecule has 0 aliphatic heterocycles. The first-order valence-corrected chi connectivity index (χ1v) is 12.7. The highest BCUT2D eigenvalue weighted by molar-refractivity contribution is 14.1. The average molecular weight is 577 g/mol. The van der Waals surface area contributed by atoms with E-state index in [4.69, 9.17) is 4.74 Å². The molecule has 33 heavy (non-hydrogen) atoms. The molecule has 0 atom stereocenters. The lowest BCUT2D eigenvalue weighted by Crippen LogP contribution is -2.39. The van der Waals surface area contributed by atoms with Gasteiger partial charge in [-0.1, -0.05) is 30.3 Å². The monoisotopic (exact) mass is 577 g/mol. The molecule has 0 aliphatic carbocycles. The molecule has 0 radical (unpaired) electrons. The predicted octanol–water partition coefficient (Wildman–Crippen LogP) is 4.43. The van der Waals surface area contributed by atoms with Gasteiger partial charge in [-0.3, -0.25) is 9.10 Å². The lowest BCUT2D eigenvalue weighted by atomic mass is 10.1. The highest BCUT2D eigenvalue weighted by atomic mass is 127. The van der Waals surface area contributed by atoms with E-state index in [0.29, 0.717) is 23.8 Å². The summed E-state index contributed by atoms with van der Waals surface area (Å²) in [6.45, 7) is 3.69. The van der Waals surface area contributed by atoms with Gasteiger partial charge in [-0.15, -0.1) is 0 Å². The van der Waals surface area contributed by atoms with Crippen LogP contribution in [0.15, 0.2) is 88.9 Å². The topological polar surface area (TPSA) is 88.1 Å². The van der Waals surface area contributed by atoms with Gasteiger partial charge in [0.25, 0.3) is 15.9 Å². The molecule has 0 bridgehead atoms. The van der Waals surface area contributed by atoms with Crippen LogP contribution in [0, 0.1) is 3.57 Å². The van der Waals surface area contributed by atoms with Crippen LogP contribution < -0.4 is 14.5 Å². The van der Waals surface area contributed by atoms with Crippen LogP contribution in [0.5, 0.6) is 5.75 Å². The summed E-state index contributed by atoms with van der Waals surface area (Å²) in [5.41, 5.74) is 4.29. The van der Waals surface area contributed by atoms with Crippen LogP contribution in [-0.4, -0.2) is 33.2 Å². The number of carbonyl (C=O) groups excluding carboxylic acids is 1. The lowest BCUT2D eigenvalue weighted by Gasteiger charge is -2.24. The number of anilines is 1. The molecule has 3 aromatic carbocycles. The first-order chi connectivity index (χ1) is 15.8. The summed E-state index contributed by atoms with van der Waals surface area (Å²) in [7, 11) is -3.99. The van der Waals surface area contributed by atoms with Crippen molar-refractivity contribution in [3.05, 3.63) is 88.0 Å². The van der Waals surface area contributed by atoms with Crippen molar-refractivity contribution in [1.29, 1.82) is 0 Å². The Bertz CT molecular complexity index is 1230. The number of hydrazone groups is 1. The SMILES string of the molecule is CCOc1ccc(N(CC(=O)N/N=C(\C)c2cccc(I)c2)S(=O)(=O)c2ccccc2)cc1. The number of ether oxygens (including phenoxy) is 1. The summed E-state index contributed by atoms with van der Waals surface area (Å²) < 4.78 is 34.3. The first-order valence-electron chi connectivity index (χ1n) is 10.2. The molecule has 0 saturated carbocycles. The van der Waals surface area contributed by atoms with Gasteiger partial charge in [0, 0.05) is 3.57 Å². The predicted molar refractivity (Wildman–Crippen MR) is 138 cm³/mol. The van der Waals surface area contributed by atoms with Crippen LogP contribution in [0.25, 0.3) is 0 Å². The maximum absolute atomic E-state index is 13.4. The third kappa shape index (κ3) is 6.55. The Balaban J connectivity index is 1.86. The quantitative estimate of drug-likeness (QED) is 0.232. The third-order valence-corrected chi connectivity index (χ3v) is 7.10. The largest absolute Gasteiger partial charge is 0.494 e. The fourth-order valence-electron chi connectivity index (χ4n) is 3.00. The second-order valence-electron chi connectivity index (χ2n) is 6.99. The minimum absolute atomic E-state index is 0.0882. The van der Waals surface area contributed by atoms with Gasteiger partial charge in [0.15, 0.2) is 0 Å². The average Bonchev–Trinajstić information content (AvgIpc) is 2.82. The van der Waals surface area contributed by atoms with Gasteiger partial charge < -0.3 is 4.74 Å². The molecular formula is C24H24IN3O4S. The number of nitrogens with zero attached hydrogens (tertiary/aromatic N) is 2. The van der Waals surface area contributed by atoms with E-state index < -0.39 is 22.5 Å². The summed E-state index contributed by atoms with van der Waals surface area (Å²) in [6, 6.07) is 22.2. The zero-order valence-corrected chi connectivity index (χ0v) is 21.2. The third-order valence-electron chi connectivity index (χ3n) is 4.64. The zero-order chi connectivity index (χ0) is 23.8. The molecular weight excluding hydrogens is 553 g/mol. The number of nitrogens with one attached hydrogen (secondary N) is 1. The van der Waals surface area contributed by atoms with Gasteiger partial charge >= 0.3 is 0 Å². The minimum Gasteiger partial charge on any atom is -0.494 e. The highest BCUT2D eigenvalue weighted by Crippen LogP contribution is 2.25. The molecule has 7 nitrogen and oxygen atoms in total. The van der Waals surface area contributed by atoms with E-state index in [-0.39, 0.29) is 4.90 Å². The van der Waals surface area contributed by atoms with Crippen LogP contribution in [0.1, 0.15) is 19.4 Å². The summed E-state index contributed by atoms with van der Waals surface area (Å²) >= 11 is 2.20. The summed E-state index contributed by atoms with van der Waals surface area (Å²) in [5, 5.41) is 4.15. The first kappa shape index (κ1) is 24.7. The maximum Gasteiger partial charge on any atom is 0.264 e. The summed E-state index contributed by atoms with van der Waals surface area (Å²) in [5.74, 6) is 0.0499. The molecule has 3 rings (SSSR count). The molecule has 9 heteroatoms. The summed E-state index contributed by atoms with van der Waals surface area (Å²) in [4.78, 5) is 12.8. The van der Waals surface area contributed by atoms with Crippen LogP contribution in [0.4, 0.5) is 5.69 Å². The van der Waals surface area contributed by atoms with Crippen LogP contribution in [0.3, 0.4) is 0 Å². The number of benzene rings is 3. The second kappa shape index (κ2) is 11.3. The summed E-state index contributed by atoms with van der Waals surface area (Å²) in [6.07, 6.45) is 0. The Morgan fingerprint density at radius 3 is 2.36 bits per heavy atom. The number of halogens is 1. The molecule has 0 spiro atoms. The maximum atomic E-state index is 13.4. The fraction of sp³-hybridized carbons (Fsp3) is 0.167. The van der Waals surface area contributed by atoms with Crippen molar-refractivity contribution >= 4 is 49.9 Å². The Hall–Kier alpha value is -2.92. The number of sulfonamides is 1. The smallest absolute Gasteiger partial charge is 0.264 e. The molecule has 0 heterocycles. The van der Waals surface area contributed by atoms with Crippen LogP contribution in [0.2, 0.25) is 0 Å². The van der Waals surface area contributed by atoms with Crippen molar-refractivity contribution in [2.24, 2.45) is 5.10 Å². The van der Waals surface area contributed by atoms with Gasteiger partial charge in [-0.25, -0.2) is 13.8 Å². The minimum atomic E-state index is -3.99. The van der Waals surface area contributed by atoms with Crippen molar-refractivity contribution in [1.82, 2.24) is 5.43 Å². The van der Waals surface area contributed by atoms with Crippen molar-refractivity contribution in [2.45, 2.75) is 18.7 Å². The van der Waals surface area contributed by atoms with Crippen molar-refractivity contribution in [2.75, 3.05) is 17.5 Å². The van der Waals surface area contributed by atoms with Crippen molar-refractivity contribution in [3.8, 4) is 5.75 Å². The molecule has 0 fully saturated rings. The van der Waals surface area contributed by atoms with Crippen molar-refractivity contribution < 1.29 is 17.9 Å². The Morgan fingerprint density at radius 2 is 1.73 bits per heavy atom. The van der Waals surface area contributed by atoms with Crippen molar-refractivity contribution in [3.63, 3.8) is 0 Å². The number of carbonyl (C=O) groups is 1. The van der Waals surface area contributed by atoms with Gasteiger partial charge in [0.05, 0.1) is 22.9 Å².